The highest BCUT2D eigenvalue weighted by Crippen LogP contribution is 2.60. The van der Waals surface area contributed by atoms with Gasteiger partial charge in [-0.3, -0.25) is 0 Å². The molecule has 1 aromatic heterocycles. The summed E-state index contributed by atoms with van der Waals surface area (Å²) in [5.41, 5.74) is 5.64. The lowest BCUT2D eigenvalue weighted by atomic mass is 9.74. The number of fused-ring (bicyclic) bond motifs is 8. The fourth-order valence-electron chi connectivity index (χ4n) is 6.21. The van der Waals surface area contributed by atoms with Crippen molar-refractivity contribution in [3.05, 3.63) is 94.7 Å². The predicted octanol–water partition coefficient (Wildman–Crippen LogP) is 3.91. The largest absolute Gasteiger partial charge is 0.493 e. The average molecular weight is 399 g/mol. The smallest absolute Gasteiger partial charge is 0.211 e. The maximum absolute atomic E-state index is 11.2. The van der Waals surface area contributed by atoms with Crippen LogP contribution in [0, 0.1) is 0 Å². The van der Waals surface area contributed by atoms with E-state index in [1.165, 1.54) is 22.3 Å². The van der Waals surface area contributed by atoms with Crippen LogP contribution in [0.2, 0.25) is 0 Å². The molecular weight excluding hydrogens is 372 g/mol. The molecule has 2 aliphatic carbocycles. The molecule has 2 bridgehead atoms. The number of hydrogen-bond donors (Lipinski definition) is 2. The van der Waals surface area contributed by atoms with E-state index < -0.39 is 5.60 Å². The number of rotatable bonds is 3. The number of aromatic hydroxyl groups is 1. The van der Waals surface area contributed by atoms with Crippen LogP contribution in [0.15, 0.2) is 66.7 Å². The van der Waals surface area contributed by atoms with E-state index in [1.54, 1.807) is 12.1 Å². The molecule has 30 heavy (non-hydrogen) atoms. The van der Waals surface area contributed by atoms with E-state index in [2.05, 4.69) is 58.4 Å². The molecule has 3 aliphatic rings. The van der Waals surface area contributed by atoms with E-state index >= 15 is 0 Å². The summed E-state index contributed by atoms with van der Waals surface area (Å²) in [5, 5.41) is 20.9. The van der Waals surface area contributed by atoms with Gasteiger partial charge in [-0.2, -0.15) is 0 Å². The SMILES string of the molecule is Oc1cccc(C2(O)CCN(CC34CC(c5ccccc53)c3ccccc34)CC2)n1. The average Bonchev–Trinajstić information content (AvgIpc) is 3.28. The zero-order valence-corrected chi connectivity index (χ0v) is 17.0. The van der Waals surface area contributed by atoms with Gasteiger partial charge in [0.15, 0.2) is 0 Å². The zero-order chi connectivity index (χ0) is 20.3. The van der Waals surface area contributed by atoms with Crippen LogP contribution in [-0.4, -0.2) is 39.7 Å². The van der Waals surface area contributed by atoms with Gasteiger partial charge in [-0.25, -0.2) is 4.98 Å². The molecule has 0 amide bonds. The summed E-state index contributed by atoms with van der Waals surface area (Å²) in [6.45, 7) is 2.64. The van der Waals surface area contributed by atoms with E-state index in [0.29, 0.717) is 24.5 Å². The lowest BCUT2D eigenvalue weighted by Crippen LogP contribution is -2.48. The molecule has 0 radical (unpaired) electrons. The second-order valence-corrected chi connectivity index (χ2v) is 9.20. The number of benzene rings is 2. The Morgan fingerprint density at radius 2 is 1.50 bits per heavy atom. The molecule has 2 aromatic carbocycles. The molecule has 152 valence electrons. The van der Waals surface area contributed by atoms with Gasteiger partial charge in [-0.1, -0.05) is 54.6 Å². The monoisotopic (exact) mass is 398 g/mol. The Bertz CT molecular complexity index is 1070. The van der Waals surface area contributed by atoms with Crippen molar-refractivity contribution < 1.29 is 10.2 Å². The molecule has 4 heteroatoms. The minimum absolute atomic E-state index is 0.0292. The Kier molecular flexibility index (Phi) is 3.86. The second kappa shape index (κ2) is 6.40. The van der Waals surface area contributed by atoms with Crippen LogP contribution >= 0.6 is 0 Å². The second-order valence-electron chi connectivity index (χ2n) is 9.20. The van der Waals surface area contributed by atoms with Crippen molar-refractivity contribution in [2.45, 2.75) is 36.2 Å². The Balaban J connectivity index is 1.29. The summed E-state index contributed by atoms with van der Waals surface area (Å²) in [5.74, 6) is 0.481. The number of pyridine rings is 1. The molecule has 2 heterocycles. The van der Waals surface area contributed by atoms with E-state index in [4.69, 9.17) is 0 Å². The minimum Gasteiger partial charge on any atom is -0.493 e. The Morgan fingerprint density at radius 3 is 2.13 bits per heavy atom. The van der Waals surface area contributed by atoms with Crippen molar-refractivity contribution in [2.75, 3.05) is 19.6 Å². The van der Waals surface area contributed by atoms with Gasteiger partial charge in [0.25, 0.3) is 0 Å². The van der Waals surface area contributed by atoms with Crippen LogP contribution in [0.3, 0.4) is 0 Å². The Morgan fingerprint density at radius 1 is 0.867 bits per heavy atom. The molecule has 0 atom stereocenters. The number of likely N-dealkylation sites (tertiary alicyclic amines) is 1. The molecule has 2 N–H and O–H groups in total. The summed E-state index contributed by atoms with van der Waals surface area (Å²) in [6, 6.07) is 23.1. The van der Waals surface area contributed by atoms with Gasteiger partial charge >= 0.3 is 0 Å². The molecule has 0 saturated carbocycles. The third kappa shape index (κ3) is 2.50. The number of aromatic nitrogens is 1. The first-order valence-corrected chi connectivity index (χ1v) is 10.9. The van der Waals surface area contributed by atoms with Crippen LogP contribution in [0.4, 0.5) is 0 Å². The van der Waals surface area contributed by atoms with Gasteiger partial charge in [0.1, 0.15) is 5.60 Å². The lowest BCUT2D eigenvalue weighted by Gasteiger charge is -2.42. The van der Waals surface area contributed by atoms with Gasteiger partial charge in [0.2, 0.25) is 5.88 Å². The van der Waals surface area contributed by atoms with Crippen molar-refractivity contribution in [3.8, 4) is 5.88 Å². The summed E-state index contributed by atoms with van der Waals surface area (Å²) in [6.07, 6.45) is 2.42. The van der Waals surface area contributed by atoms with Crippen LogP contribution in [0.5, 0.6) is 5.88 Å². The van der Waals surface area contributed by atoms with Crippen LogP contribution in [-0.2, 0) is 11.0 Å². The normalized spacial score (nSPS) is 26.4. The molecule has 1 saturated heterocycles. The van der Waals surface area contributed by atoms with Gasteiger partial charge in [-0.15, -0.1) is 0 Å². The quantitative estimate of drug-likeness (QED) is 0.702. The van der Waals surface area contributed by atoms with Gasteiger partial charge < -0.3 is 15.1 Å². The van der Waals surface area contributed by atoms with E-state index in [0.717, 1.165) is 26.1 Å². The third-order valence-electron chi connectivity index (χ3n) is 7.64. The van der Waals surface area contributed by atoms with Crippen molar-refractivity contribution in [1.29, 1.82) is 0 Å². The zero-order valence-electron chi connectivity index (χ0n) is 17.0. The topological polar surface area (TPSA) is 56.6 Å². The first-order chi connectivity index (χ1) is 14.6. The highest BCUT2D eigenvalue weighted by molar-refractivity contribution is 5.62. The fourth-order valence-corrected chi connectivity index (χ4v) is 6.21. The van der Waals surface area contributed by atoms with Gasteiger partial charge in [0.05, 0.1) is 5.69 Å². The molecular formula is C26H26N2O2. The van der Waals surface area contributed by atoms with Crippen molar-refractivity contribution in [1.82, 2.24) is 9.88 Å². The van der Waals surface area contributed by atoms with Crippen LogP contribution in [0.1, 0.15) is 53.1 Å². The third-order valence-corrected chi connectivity index (χ3v) is 7.64. The maximum Gasteiger partial charge on any atom is 0.211 e. The van der Waals surface area contributed by atoms with Gasteiger partial charge in [-0.05, 0) is 47.6 Å². The summed E-state index contributed by atoms with van der Waals surface area (Å²) < 4.78 is 0. The summed E-state index contributed by atoms with van der Waals surface area (Å²) in [4.78, 5) is 6.69. The number of piperidine rings is 1. The standard InChI is InChI=1S/C26H26N2O2/c29-24-11-5-10-23(27-24)26(30)12-14-28(15-13-26)17-25-16-20(18-6-1-3-8-21(18)25)19-7-2-4-9-22(19)25/h1-11,20,30H,12-17H2,(H,27,29). The summed E-state index contributed by atoms with van der Waals surface area (Å²) >= 11 is 0. The van der Waals surface area contributed by atoms with E-state index in [-0.39, 0.29) is 11.3 Å². The Hall–Kier alpha value is -2.69. The molecule has 4 nitrogen and oxygen atoms in total. The predicted molar refractivity (Wildman–Crippen MR) is 116 cm³/mol. The Labute approximate surface area is 176 Å². The van der Waals surface area contributed by atoms with Crippen LogP contribution in [0.25, 0.3) is 0 Å². The van der Waals surface area contributed by atoms with Crippen molar-refractivity contribution in [2.24, 2.45) is 0 Å². The van der Waals surface area contributed by atoms with E-state index in [9.17, 15) is 10.2 Å². The molecule has 0 unspecified atom stereocenters. The number of hydrogen-bond acceptors (Lipinski definition) is 4. The highest BCUT2D eigenvalue weighted by Gasteiger charge is 2.53. The molecule has 3 aromatic rings. The first kappa shape index (κ1) is 18.1. The van der Waals surface area contributed by atoms with Gasteiger partial charge in [0, 0.05) is 37.0 Å². The van der Waals surface area contributed by atoms with Crippen molar-refractivity contribution >= 4 is 0 Å². The fraction of sp³-hybridized carbons (Fsp3) is 0.346. The van der Waals surface area contributed by atoms with Crippen LogP contribution < -0.4 is 0 Å². The highest BCUT2D eigenvalue weighted by atomic mass is 16.3. The number of aliphatic hydroxyl groups is 1. The number of nitrogens with zero attached hydrogens (tertiary/aromatic N) is 2. The molecule has 1 fully saturated rings. The molecule has 0 spiro atoms. The maximum atomic E-state index is 11.2. The lowest BCUT2D eigenvalue weighted by molar-refractivity contribution is -0.0325. The molecule has 1 aliphatic heterocycles. The summed E-state index contributed by atoms with van der Waals surface area (Å²) in [7, 11) is 0. The van der Waals surface area contributed by atoms with E-state index in [1.807, 2.05) is 6.07 Å². The minimum atomic E-state index is -0.962. The first-order valence-electron chi connectivity index (χ1n) is 10.9. The van der Waals surface area contributed by atoms with Crippen molar-refractivity contribution in [3.63, 3.8) is 0 Å². The molecule has 6 rings (SSSR count).